The van der Waals surface area contributed by atoms with E-state index in [1.54, 1.807) is 0 Å². The van der Waals surface area contributed by atoms with Crippen molar-refractivity contribution >= 4 is 35.1 Å². The van der Waals surface area contributed by atoms with Gasteiger partial charge in [0, 0.05) is 35.1 Å². The summed E-state index contributed by atoms with van der Waals surface area (Å²) in [6.45, 7) is -0.581. The summed E-state index contributed by atoms with van der Waals surface area (Å²) >= 11 is 12.0. The number of halogens is 7. The lowest BCUT2D eigenvalue weighted by Crippen LogP contribution is -2.51. The summed E-state index contributed by atoms with van der Waals surface area (Å²) in [5.74, 6) is -9.69. The van der Waals surface area contributed by atoms with Gasteiger partial charge in [-0.2, -0.15) is 18.4 Å². The molecule has 1 heterocycles. The molecular weight excluding hydrogens is 594 g/mol. The number of alkyl halides is 3. The number of aliphatic hydroxyl groups excluding tert-OH is 1. The van der Waals surface area contributed by atoms with Crippen LogP contribution in [0.5, 0.6) is 0 Å². The van der Waals surface area contributed by atoms with E-state index in [0.717, 1.165) is 18.2 Å². The van der Waals surface area contributed by atoms with Crippen LogP contribution in [-0.4, -0.2) is 41.9 Å². The number of hydrogen-bond acceptors (Lipinski definition) is 6. The van der Waals surface area contributed by atoms with Gasteiger partial charge in [-0.15, -0.1) is 0 Å². The minimum Gasteiger partial charge on any atom is -0.396 e. The Kier molecular flexibility index (Phi) is 9.09. The summed E-state index contributed by atoms with van der Waals surface area (Å²) in [6.07, 6.45) is -0.197. The second kappa shape index (κ2) is 12.1. The monoisotopic (exact) mass is 616 g/mol. The number of nitriles is 1. The number of nitrogens with zero attached hydrogens (tertiary/aromatic N) is 1. The fourth-order valence-corrected chi connectivity index (χ4v) is 6.37. The highest BCUT2D eigenvalue weighted by atomic mass is 35.5. The zero-order valence-electron chi connectivity index (χ0n) is 21.1. The molecule has 2 N–H and O–H groups in total. The summed E-state index contributed by atoms with van der Waals surface area (Å²) in [6, 6.07) is 5.64. The van der Waals surface area contributed by atoms with Crippen LogP contribution in [0.3, 0.4) is 0 Å². The predicted octanol–water partition coefficient (Wildman–Crippen LogP) is 5.75. The SMILES string of the molecule is N#C[C@]1(c2ccc(Cl)cc2F)[C@H](C(CO)C2CC=CCC2)N[C@@H](C(=O)OC(=O)C(F)(F)F)[C@@H]1c1cccc(Cl)c1F. The number of ether oxygens (including phenoxy) is 1. The lowest BCUT2D eigenvalue weighted by atomic mass is 9.60. The molecule has 0 saturated carbocycles. The van der Waals surface area contributed by atoms with Crippen LogP contribution in [-0.2, 0) is 19.7 Å². The fourth-order valence-electron chi connectivity index (χ4n) is 6.03. The molecule has 1 saturated heterocycles. The molecule has 4 rings (SSSR count). The average Bonchev–Trinajstić information content (AvgIpc) is 3.26. The number of aliphatic hydroxyl groups is 1. The smallest absolute Gasteiger partial charge is 0.396 e. The second-order valence-corrected chi connectivity index (χ2v) is 10.8. The number of rotatable bonds is 6. The highest BCUT2D eigenvalue weighted by Crippen LogP contribution is 2.54. The molecule has 6 atom stereocenters. The van der Waals surface area contributed by atoms with Gasteiger partial charge >= 0.3 is 18.1 Å². The lowest BCUT2D eigenvalue weighted by Gasteiger charge is -2.41. The van der Waals surface area contributed by atoms with Gasteiger partial charge in [0.15, 0.2) is 0 Å². The van der Waals surface area contributed by atoms with Gasteiger partial charge in [-0.1, -0.05) is 53.6 Å². The Morgan fingerprint density at radius 3 is 2.51 bits per heavy atom. The van der Waals surface area contributed by atoms with Gasteiger partial charge in [0.1, 0.15) is 23.1 Å². The number of carbonyl (C=O) groups excluding carboxylic acids is 2. The van der Waals surface area contributed by atoms with Crippen LogP contribution >= 0.6 is 23.2 Å². The van der Waals surface area contributed by atoms with Gasteiger partial charge in [-0.05, 0) is 48.9 Å². The molecule has 2 unspecified atom stereocenters. The van der Waals surface area contributed by atoms with Gasteiger partial charge in [-0.25, -0.2) is 18.4 Å². The van der Waals surface area contributed by atoms with Crippen molar-refractivity contribution in [3.05, 3.63) is 81.4 Å². The van der Waals surface area contributed by atoms with Crippen LogP contribution in [0.15, 0.2) is 48.6 Å². The molecule has 218 valence electrons. The van der Waals surface area contributed by atoms with Crippen molar-refractivity contribution in [1.82, 2.24) is 5.32 Å². The highest BCUT2D eigenvalue weighted by molar-refractivity contribution is 6.31. The quantitative estimate of drug-likeness (QED) is 0.185. The first kappa shape index (κ1) is 30.9. The molecule has 6 nitrogen and oxygen atoms in total. The number of hydrogen-bond donors (Lipinski definition) is 2. The van der Waals surface area contributed by atoms with Crippen LogP contribution in [0.25, 0.3) is 0 Å². The fraction of sp³-hybridized carbons (Fsp3) is 0.393. The third-order valence-corrected chi connectivity index (χ3v) is 8.31. The molecular formula is C28H23Cl2F5N2O4. The minimum absolute atomic E-state index is 0.0461. The Labute approximate surface area is 241 Å². The Bertz CT molecular complexity index is 1410. The van der Waals surface area contributed by atoms with Gasteiger partial charge in [0.05, 0.1) is 11.1 Å². The molecule has 1 aliphatic carbocycles. The first-order valence-corrected chi connectivity index (χ1v) is 13.3. The van der Waals surface area contributed by atoms with E-state index in [-0.39, 0.29) is 16.5 Å². The van der Waals surface area contributed by atoms with E-state index in [2.05, 4.69) is 10.1 Å². The van der Waals surface area contributed by atoms with Crippen molar-refractivity contribution in [3.8, 4) is 6.07 Å². The van der Waals surface area contributed by atoms with E-state index in [0.29, 0.717) is 19.3 Å². The maximum Gasteiger partial charge on any atom is 0.491 e. The van der Waals surface area contributed by atoms with E-state index in [1.165, 1.54) is 18.2 Å². The largest absolute Gasteiger partial charge is 0.491 e. The summed E-state index contributed by atoms with van der Waals surface area (Å²) in [7, 11) is 0. The summed E-state index contributed by atoms with van der Waals surface area (Å²) < 4.78 is 74.6. The minimum atomic E-state index is -5.54. The molecule has 0 amide bonds. The molecule has 0 spiro atoms. The Balaban J connectivity index is 2.01. The van der Waals surface area contributed by atoms with Gasteiger partial charge in [0.25, 0.3) is 0 Å². The van der Waals surface area contributed by atoms with Crippen molar-refractivity contribution in [2.45, 2.75) is 48.9 Å². The maximum absolute atomic E-state index is 15.7. The first-order chi connectivity index (χ1) is 19.4. The topological polar surface area (TPSA) is 99.4 Å². The molecule has 1 fully saturated rings. The number of nitrogens with one attached hydrogen (secondary N) is 1. The van der Waals surface area contributed by atoms with Crippen molar-refractivity contribution in [2.75, 3.05) is 6.61 Å². The van der Waals surface area contributed by atoms with E-state index in [1.807, 2.05) is 18.2 Å². The standard InChI is InChI=1S/C28H23Cl2F5N2O4/c29-15-9-10-18(20(31)11-15)27(13-36)21(16-7-4-8-19(30)22(16)32)23(25(39)41-26(40)28(33,34)35)37-24(27)17(12-38)14-5-2-1-3-6-14/h1-2,4,7-11,14,17,21,23-24,37-38H,3,5-6,12H2/t14?,17?,21-,23+,24-,27+/m0/s1. The molecule has 0 radical (unpaired) electrons. The third kappa shape index (κ3) is 5.71. The summed E-state index contributed by atoms with van der Waals surface area (Å²) in [5, 5.41) is 23.7. The van der Waals surface area contributed by atoms with Crippen LogP contribution in [0.2, 0.25) is 10.0 Å². The number of carbonyl (C=O) groups is 2. The molecule has 2 aliphatic rings. The van der Waals surface area contributed by atoms with Gasteiger partial charge in [0.2, 0.25) is 0 Å². The van der Waals surface area contributed by atoms with Crippen LogP contribution < -0.4 is 5.32 Å². The second-order valence-electron chi connectivity index (χ2n) is 9.94. The van der Waals surface area contributed by atoms with E-state index >= 15 is 8.78 Å². The maximum atomic E-state index is 15.7. The zero-order valence-corrected chi connectivity index (χ0v) is 22.6. The van der Waals surface area contributed by atoms with E-state index < -0.39 is 76.3 Å². The molecule has 1 aliphatic heterocycles. The number of allylic oxidation sites excluding steroid dienone is 2. The Hall–Kier alpha value is -3.04. The molecule has 2 aromatic rings. The summed E-state index contributed by atoms with van der Waals surface area (Å²) in [5.41, 5.74) is -3.00. The van der Waals surface area contributed by atoms with Gasteiger partial charge < -0.3 is 9.84 Å². The zero-order chi connectivity index (χ0) is 30.1. The molecule has 0 bridgehead atoms. The first-order valence-electron chi connectivity index (χ1n) is 12.5. The van der Waals surface area contributed by atoms with Crippen LogP contribution in [0.4, 0.5) is 22.0 Å². The molecule has 41 heavy (non-hydrogen) atoms. The Morgan fingerprint density at radius 2 is 1.93 bits per heavy atom. The van der Waals surface area contributed by atoms with Crippen molar-refractivity contribution < 1.29 is 41.4 Å². The Morgan fingerprint density at radius 1 is 1.20 bits per heavy atom. The van der Waals surface area contributed by atoms with Crippen LogP contribution in [0, 0.1) is 34.8 Å². The average molecular weight is 617 g/mol. The van der Waals surface area contributed by atoms with Crippen molar-refractivity contribution in [3.63, 3.8) is 0 Å². The van der Waals surface area contributed by atoms with Gasteiger partial charge in [-0.3, -0.25) is 5.32 Å². The lowest BCUT2D eigenvalue weighted by molar-refractivity contribution is -0.202. The highest BCUT2D eigenvalue weighted by Gasteiger charge is 2.64. The molecule has 2 aromatic carbocycles. The molecule has 0 aromatic heterocycles. The number of esters is 2. The normalized spacial score (nSPS) is 26.8. The molecule has 13 heteroatoms. The predicted molar refractivity (Wildman–Crippen MR) is 138 cm³/mol. The number of benzene rings is 2. The van der Waals surface area contributed by atoms with Crippen LogP contribution in [0.1, 0.15) is 36.3 Å². The van der Waals surface area contributed by atoms with Crippen molar-refractivity contribution in [2.24, 2.45) is 11.8 Å². The third-order valence-electron chi connectivity index (χ3n) is 7.78. The van der Waals surface area contributed by atoms with E-state index in [9.17, 15) is 33.1 Å². The van der Waals surface area contributed by atoms with E-state index in [4.69, 9.17) is 23.2 Å². The summed E-state index contributed by atoms with van der Waals surface area (Å²) in [4.78, 5) is 24.9. The van der Waals surface area contributed by atoms with Crippen molar-refractivity contribution in [1.29, 1.82) is 5.26 Å².